The summed E-state index contributed by atoms with van der Waals surface area (Å²) in [7, 11) is 0. The first kappa shape index (κ1) is 6.85. The van der Waals surface area contributed by atoms with Crippen LogP contribution in [0.25, 0.3) is 0 Å². The van der Waals surface area contributed by atoms with Crippen LogP contribution in [0.3, 0.4) is 0 Å². The Morgan fingerprint density at radius 2 is 2.40 bits per heavy atom. The molecule has 0 saturated carbocycles. The molecular formula is C5H4F2NO2. The highest BCUT2D eigenvalue weighted by molar-refractivity contribution is 5.44. The Morgan fingerprint density at radius 3 is 2.80 bits per heavy atom. The summed E-state index contributed by atoms with van der Waals surface area (Å²) < 4.78 is 31.0. The third-order valence-electron chi connectivity index (χ3n) is 0.798. The zero-order valence-corrected chi connectivity index (χ0v) is 4.80. The summed E-state index contributed by atoms with van der Waals surface area (Å²) in [6.45, 7) is -2.91. The molecule has 0 amide bonds. The second-order valence-electron chi connectivity index (χ2n) is 1.49. The number of nitrogen functional groups attached to an aromatic ring is 1. The van der Waals surface area contributed by atoms with Gasteiger partial charge >= 0.3 is 12.6 Å². The number of anilines is 1. The van der Waals surface area contributed by atoms with Crippen molar-refractivity contribution in [1.82, 2.24) is 0 Å². The van der Waals surface area contributed by atoms with E-state index >= 15 is 0 Å². The van der Waals surface area contributed by atoms with Crippen LogP contribution in [0.15, 0.2) is 10.5 Å². The molecule has 2 N–H and O–H groups in total. The lowest BCUT2D eigenvalue weighted by molar-refractivity contribution is -0.0632. The Morgan fingerprint density at radius 1 is 1.70 bits per heavy atom. The average molecular weight is 148 g/mol. The molecule has 0 aliphatic heterocycles. The minimum atomic E-state index is -2.91. The molecule has 0 atom stereocenters. The van der Waals surface area contributed by atoms with Crippen LogP contribution >= 0.6 is 0 Å². The van der Waals surface area contributed by atoms with E-state index in [1.54, 1.807) is 0 Å². The topological polar surface area (TPSA) is 48.4 Å². The van der Waals surface area contributed by atoms with Gasteiger partial charge in [-0.05, 0) is 0 Å². The van der Waals surface area contributed by atoms with E-state index in [9.17, 15) is 8.78 Å². The van der Waals surface area contributed by atoms with Gasteiger partial charge in [0.25, 0.3) is 0 Å². The van der Waals surface area contributed by atoms with E-state index in [1.165, 1.54) is 6.07 Å². The van der Waals surface area contributed by atoms with Gasteiger partial charge < -0.3 is 14.9 Å². The molecule has 0 bridgehead atoms. The number of rotatable bonds is 2. The van der Waals surface area contributed by atoms with Crippen LogP contribution in [0, 0.1) is 6.26 Å². The van der Waals surface area contributed by atoms with E-state index in [0.717, 1.165) is 0 Å². The molecule has 10 heavy (non-hydrogen) atoms. The third-order valence-corrected chi connectivity index (χ3v) is 0.798. The molecule has 5 heteroatoms. The standard InChI is InChI=1S/C5H4F2NO2/c6-5(7)10-4-3(8)1-2-9-4/h1,5H,8H2. The van der Waals surface area contributed by atoms with Gasteiger partial charge in [0.1, 0.15) is 5.69 Å². The highest BCUT2D eigenvalue weighted by Gasteiger charge is 2.09. The summed E-state index contributed by atoms with van der Waals surface area (Å²) in [5.41, 5.74) is 5.12. The van der Waals surface area contributed by atoms with Gasteiger partial charge in [0.15, 0.2) is 6.26 Å². The average Bonchev–Trinajstić information content (AvgIpc) is 2.15. The molecule has 1 rings (SSSR count). The quantitative estimate of drug-likeness (QED) is 0.686. The van der Waals surface area contributed by atoms with Gasteiger partial charge in [-0.2, -0.15) is 8.78 Å². The van der Waals surface area contributed by atoms with Crippen molar-refractivity contribution >= 4 is 5.69 Å². The van der Waals surface area contributed by atoms with Crippen LogP contribution in [0.1, 0.15) is 0 Å². The van der Waals surface area contributed by atoms with Crippen molar-refractivity contribution in [2.24, 2.45) is 0 Å². The van der Waals surface area contributed by atoms with Crippen LogP contribution in [0.5, 0.6) is 5.95 Å². The maximum absolute atomic E-state index is 11.4. The first-order valence-corrected chi connectivity index (χ1v) is 2.40. The van der Waals surface area contributed by atoms with Gasteiger partial charge in [-0.3, -0.25) is 0 Å². The molecule has 0 aliphatic carbocycles. The summed E-state index contributed by atoms with van der Waals surface area (Å²) in [6.07, 6.45) is 2.15. The molecule has 0 unspecified atom stereocenters. The lowest BCUT2D eigenvalue weighted by Gasteiger charge is -1.98. The Labute approximate surface area is 55.4 Å². The molecule has 1 aromatic rings. The van der Waals surface area contributed by atoms with Crippen molar-refractivity contribution in [3.8, 4) is 5.95 Å². The summed E-state index contributed by atoms with van der Waals surface area (Å²) in [5, 5.41) is 0. The molecule has 3 nitrogen and oxygen atoms in total. The van der Waals surface area contributed by atoms with E-state index in [1.807, 2.05) is 0 Å². The van der Waals surface area contributed by atoms with Crippen LogP contribution in [0.2, 0.25) is 0 Å². The van der Waals surface area contributed by atoms with E-state index in [4.69, 9.17) is 5.73 Å². The Kier molecular flexibility index (Phi) is 1.75. The highest BCUT2D eigenvalue weighted by atomic mass is 19.3. The largest absolute Gasteiger partial charge is 0.421 e. The number of nitrogens with two attached hydrogens (primary N) is 1. The van der Waals surface area contributed by atoms with Crippen LogP contribution in [-0.2, 0) is 0 Å². The number of hydrogen-bond acceptors (Lipinski definition) is 3. The fraction of sp³-hybridized carbons (Fsp3) is 0.200. The van der Waals surface area contributed by atoms with Gasteiger partial charge in [0.05, 0.1) is 0 Å². The number of furan rings is 1. The first-order valence-electron chi connectivity index (χ1n) is 2.40. The normalized spacial score (nSPS) is 10.3. The van der Waals surface area contributed by atoms with Crippen LogP contribution in [-0.4, -0.2) is 6.61 Å². The molecular weight excluding hydrogens is 144 g/mol. The van der Waals surface area contributed by atoms with Crippen molar-refractivity contribution in [2.75, 3.05) is 5.73 Å². The van der Waals surface area contributed by atoms with Crippen LogP contribution < -0.4 is 10.5 Å². The molecule has 55 valence electrons. The Balaban J connectivity index is 2.65. The lowest BCUT2D eigenvalue weighted by Crippen LogP contribution is -2.02. The lowest BCUT2D eigenvalue weighted by atomic mass is 10.5. The molecule has 1 radical (unpaired) electrons. The first-order chi connectivity index (χ1) is 4.70. The fourth-order valence-electron chi connectivity index (χ4n) is 0.437. The van der Waals surface area contributed by atoms with Gasteiger partial charge in [0, 0.05) is 6.07 Å². The molecule has 0 aromatic carbocycles. The Bertz CT molecular complexity index is 211. The van der Waals surface area contributed by atoms with E-state index < -0.39 is 12.6 Å². The molecule has 0 spiro atoms. The molecule has 1 heterocycles. The number of halogens is 2. The maximum Gasteiger partial charge on any atom is 0.389 e. The van der Waals surface area contributed by atoms with Gasteiger partial charge in [-0.1, -0.05) is 0 Å². The second kappa shape index (κ2) is 2.55. The van der Waals surface area contributed by atoms with Crippen molar-refractivity contribution in [3.63, 3.8) is 0 Å². The SMILES string of the molecule is Nc1c[c]oc1OC(F)F. The summed E-state index contributed by atoms with van der Waals surface area (Å²) in [6, 6.07) is 1.21. The van der Waals surface area contributed by atoms with Gasteiger partial charge in [0.2, 0.25) is 0 Å². The number of hydrogen-bond donors (Lipinski definition) is 1. The number of alkyl halides is 2. The zero-order chi connectivity index (χ0) is 7.56. The Hall–Kier alpha value is -1.26. The van der Waals surface area contributed by atoms with E-state index in [0.29, 0.717) is 0 Å². The fourth-order valence-corrected chi connectivity index (χ4v) is 0.437. The summed E-state index contributed by atoms with van der Waals surface area (Å²) in [4.78, 5) is 0. The molecule has 0 aliphatic rings. The smallest absolute Gasteiger partial charge is 0.389 e. The minimum absolute atomic E-state index is 0.0142. The number of ether oxygens (including phenoxy) is 1. The minimum Gasteiger partial charge on any atom is -0.421 e. The van der Waals surface area contributed by atoms with Crippen LogP contribution in [0.4, 0.5) is 14.5 Å². The summed E-state index contributed by atoms with van der Waals surface area (Å²) in [5.74, 6) is -0.394. The molecule has 1 aromatic heterocycles. The van der Waals surface area contributed by atoms with Gasteiger partial charge in [-0.25, -0.2) is 0 Å². The van der Waals surface area contributed by atoms with Gasteiger partial charge in [-0.15, -0.1) is 0 Å². The van der Waals surface area contributed by atoms with E-state index in [-0.39, 0.29) is 5.69 Å². The molecule has 0 saturated heterocycles. The summed E-state index contributed by atoms with van der Waals surface area (Å²) >= 11 is 0. The zero-order valence-electron chi connectivity index (χ0n) is 4.80. The van der Waals surface area contributed by atoms with Crippen molar-refractivity contribution in [2.45, 2.75) is 6.61 Å². The molecule has 0 fully saturated rings. The van der Waals surface area contributed by atoms with Crippen molar-refractivity contribution in [3.05, 3.63) is 12.3 Å². The highest BCUT2D eigenvalue weighted by Crippen LogP contribution is 2.22. The predicted molar refractivity (Wildman–Crippen MR) is 28.6 cm³/mol. The van der Waals surface area contributed by atoms with Crippen molar-refractivity contribution < 1.29 is 17.9 Å². The third kappa shape index (κ3) is 1.37. The van der Waals surface area contributed by atoms with Crippen molar-refractivity contribution in [1.29, 1.82) is 0 Å². The monoisotopic (exact) mass is 148 g/mol. The maximum atomic E-state index is 11.4. The van der Waals surface area contributed by atoms with E-state index in [2.05, 4.69) is 15.4 Å². The predicted octanol–water partition coefficient (Wildman–Crippen LogP) is 1.26. The second-order valence-corrected chi connectivity index (χ2v) is 1.49.